The highest BCUT2D eigenvalue weighted by atomic mass is 16.5. The van der Waals surface area contributed by atoms with Gasteiger partial charge in [0.1, 0.15) is 5.82 Å². The summed E-state index contributed by atoms with van der Waals surface area (Å²) in [4.78, 5) is 16.9. The van der Waals surface area contributed by atoms with Crippen molar-refractivity contribution in [2.45, 2.75) is 98.1 Å². The molecule has 3 rings (SSSR count). The van der Waals surface area contributed by atoms with Gasteiger partial charge >= 0.3 is 5.97 Å². The molecule has 2 aromatic rings. The molecule has 0 aromatic carbocycles. The minimum absolute atomic E-state index is 0.293. The number of hydrogen-bond donors (Lipinski definition) is 2. The van der Waals surface area contributed by atoms with Crippen molar-refractivity contribution in [3.63, 3.8) is 0 Å². The van der Waals surface area contributed by atoms with Gasteiger partial charge in [0.2, 0.25) is 5.89 Å². The third-order valence-corrected chi connectivity index (χ3v) is 6.70. The summed E-state index contributed by atoms with van der Waals surface area (Å²) in [5.74, 6) is 0.949. The number of hydrogen-bond acceptors (Lipinski definition) is 6. The first kappa shape index (κ1) is 24.3. The van der Waals surface area contributed by atoms with Crippen LogP contribution in [0.2, 0.25) is 0 Å². The molecule has 8 nitrogen and oxygen atoms in total. The van der Waals surface area contributed by atoms with Crippen LogP contribution in [0.3, 0.4) is 0 Å². The van der Waals surface area contributed by atoms with Crippen LogP contribution in [0.25, 0.3) is 0 Å². The van der Waals surface area contributed by atoms with Crippen LogP contribution in [0.5, 0.6) is 0 Å². The number of aliphatic carboxylic acids is 1. The van der Waals surface area contributed by atoms with Gasteiger partial charge in [0.05, 0.1) is 24.6 Å². The van der Waals surface area contributed by atoms with Gasteiger partial charge < -0.3 is 14.9 Å². The van der Waals surface area contributed by atoms with Crippen LogP contribution in [-0.2, 0) is 17.9 Å². The lowest BCUT2D eigenvalue weighted by atomic mass is 9.71. The molecule has 2 N–H and O–H groups in total. The van der Waals surface area contributed by atoms with E-state index >= 15 is 0 Å². The van der Waals surface area contributed by atoms with Gasteiger partial charge in [-0.3, -0.25) is 9.48 Å². The number of carboxylic acid groups (broad SMARTS) is 1. The summed E-state index contributed by atoms with van der Waals surface area (Å²) in [5, 5.41) is 21.7. The molecule has 178 valence electrons. The number of carbonyl (C=O) groups is 1. The number of aryl methyl sites for hydroxylation is 1. The van der Waals surface area contributed by atoms with Crippen LogP contribution in [-0.4, -0.2) is 31.0 Å². The largest absolute Gasteiger partial charge is 0.481 e. The van der Waals surface area contributed by atoms with Gasteiger partial charge in [-0.05, 0) is 24.7 Å². The number of aromatic nitrogens is 4. The van der Waals surface area contributed by atoms with Crippen molar-refractivity contribution in [3.8, 4) is 0 Å². The first-order chi connectivity index (χ1) is 15.3. The number of anilines is 1. The van der Waals surface area contributed by atoms with E-state index in [-0.39, 0.29) is 5.92 Å². The molecule has 0 saturated heterocycles. The van der Waals surface area contributed by atoms with E-state index in [9.17, 15) is 9.90 Å². The Labute approximate surface area is 191 Å². The van der Waals surface area contributed by atoms with Crippen LogP contribution < -0.4 is 5.32 Å². The zero-order valence-electron chi connectivity index (χ0n) is 20.0. The Kier molecular flexibility index (Phi) is 8.32. The molecule has 32 heavy (non-hydrogen) atoms. The fourth-order valence-electron chi connectivity index (χ4n) is 5.08. The second-order valence-electron chi connectivity index (χ2n) is 10.2. The summed E-state index contributed by atoms with van der Waals surface area (Å²) >= 11 is 0. The van der Waals surface area contributed by atoms with E-state index in [4.69, 9.17) is 4.52 Å². The van der Waals surface area contributed by atoms with Crippen molar-refractivity contribution < 1.29 is 14.4 Å². The van der Waals surface area contributed by atoms with Crippen LogP contribution in [0.4, 0.5) is 5.82 Å². The molecule has 1 unspecified atom stereocenters. The quantitative estimate of drug-likeness (QED) is 0.472. The summed E-state index contributed by atoms with van der Waals surface area (Å²) < 4.78 is 7.49. The fraction of sp³-hybridized carbons (Fsp3) is 0.750. The predicted octanol–water partition coefficient (Wildman–Crippen LogP) is 5.48. The van der Waals surface area contributed by atoms with E-state index in [2.05, 4.69) is 20.6 Å². The molecular weight excluding hydrogens is 406 g/mol. The Balaban J connectivity index is 1.71. The van der Waals surface area contributed by atoms with Crippen molar-refractivity contribution in [2.75, 3.05) is 5.32 Å². The Morgan fingerprint density at radius 1 is 1.31 bits per heavy atom. The van der Waals surface area contributed by atoms with Crippen molar-refractivity contribution in [3.05, 3.63) is 24.0 Å². The molecule has 1 aliphatic carbocycles. The fourth-order valence-corrected chi connectivity index (χ4v) is 5.08. The summed E-state index contributed by atoms with van der Waals surface area (Å²) in [6.45, 7) is 9.13. The summed E-state index contributed by atoms with van der Waals surface area (Å²) in [5.41, 5.74) is -0.415. The third-order valence-electron chi connectivity index (χ3n) is 6.70. The minimum atomic E-state index is -0.801. The minimum Gasteiger partial charge on any atom is -0.481 e. The Hall–Kier alpha value is -2.38. The van der Waals surface area contributed by atoms with Crippen LogP contribution in [0, 0.1) is 17.3 Å². The predicted molar refractivity (Wildman–Crippen MR) is 123 cm³/mol. The number of rotatable bonds is 11. The lowest BCUT2D eigenvalue weighted by Gasteiger charge is -2.32. The van der Waals surface area contributed by atoms with Gasteiger partial charge in [0, 0.05) is 12.6 Å². The molecule has 2 heterocycles. The molecular formula is C24H39N5O3. The number of carboxylic acids is 1. The van der Waals surface area contributed by atoms with E-state index in [1.807, 2.05) is 38.4 Å². The van der Waals surface area contributed by atoms with E-state index in [0.29, 0.717) is 18.3 Å². The highest BCUT2D eigenvalue weighted by molar-refractivity contribution is 5.72. The molecule has 0 spiro atoms. The SMILES string of the molecule is CCn1nccc1NCc1noc([C@H](CCCC2CCCCC2)C(C(=O)O)C(C)(C)C)n1. The monoisotopic (exact) mass is 445 g/mol. The Morgan fingerprint density at radius 3 is 2.72 bits per heavy atom. The Morgan fingerprint density at radius 2 is 2.06 bits per heavy atom. The first-order valence-electron chi connectivity index (χ1n) is 12.1. The molecule has 2 aromatic heterocycles. The normalized spacial score (nSPS) is 17.2. The zero-order chi connectivity index (χ0) is 23.1. The third kappa shape index (κ3) is 6.33. The van der Waals surface area contributed by atoms with Crippen molar-refractivity contribution in [1.82, 2.24) is 19.9 Å². The van der Waals surface area contributed by atoms with Gasteiger partial charge in [-0.15, -0.1) is 0 Å². The van der Waals surface area contributed by atoms with E-state index < -0.39 is 17.3 Å². The second-order valence-corrected chi connectivity index (χ2v) is 10.2. The van der Waals surface area contributed by atoms with Gasteiger partial charge in [-0.2, -0.15) is 10.1 Å². The van der Waals surface area contributed by atoms with E-state index in [1.165, 1.54) is 32.1 Å². The second kappa shape index (κ2) is 11.0. The van der Waals surface area contributed by atoms with Gasteiger partial charge in [-0.25, -0.2) is 0 Å². The molecule has 8 heteroatoms. The molecule has 1 aliphatic rings. The highest BCUT2D eigenvalue weighted by Crippen LogP contribution is 2.41. The van der Waals surface area contributed by atoms with Crippen LogP contribution in [0.15, 0.2) is 16.8 Å². The average molecular weight is 446 g/mol. The maximum absolute atomic E-state index is 12.3. The molecule has 2 atom stereocenters. The smallest absolute Gasteiger partial charge is 0.307 e. The van der Waals surface area contributed by atoms with E-state index in [0.717, 1.165) is 37.5 Å². The molecule has 0 aliphatic heterocycles. The van der Waals surface area contributed by atoms with Crippen molar-refractivity contribution in [1.29, 1.82) is 0 Å². The summed E-state index contributed by atoms with van der Waals surface area (Å²) in [6, 6.07) is 1.90. The number of nitrogens with one attached hydrogen (secondary N) is 1. The molecule has 0 bridgehead atoms. The highest BCUT2D eigenvalue weighted by Gasteiger charge is 2.41. The van der Waals surface area contributed by atoms with Gasteiger partial charge in [-0.1, -0.05) is 70.9 Å². The standard InChI is InChI=1S/C24H39N5O3/c1-5-29-20(14-15-26-29)25-16-19-27-22(32-28-19)18(21(23(30)31)24(2,3)4)13-9-12-17-10-7-6-8-11-17/h14-15,17-18,21,25H,5-13,16H2,1-4H3,(H,30,31)/t18-,21?/m1/s1. The lowest BCUT2D eigenvalue weighted by molar-refractivity contribution is -0.147. The van der Waals surface area contributed by atoms with Crippen LogP contribution in [0.1, 0.15) is 96.7 Å². The van der Waals surface area contributed by atoms with Gasteiger partial charge in [0.15, 0.2) is 5.82 Å². The lowest BCUT2D eigenvalue weighted by Crippen LogP contribution is -2.34. The van der Waals surface area contributed by atoms with Gasteiger partial charge in [0.25, 0.3) is 0 Å². The molecule has 0 amide bonds. The van der Waals surface area contributed by atoms with Crippen molar-refractivity contribution >= 4 is 11.8 Å². The summed E-state index contributed by atoms with van der Waals surface area (Å²) in [7, 11) is 0. The van der Waals surface area contributed by atoms with Crippen molar-refractivity contribution in [2.24, 2.45) is 17.3 Å². The Bertz CT molecular complexity index is 848. The maximum Gasteiger partial charge on any atom is 0.307 e. The zero-order valence-corrected chi connectivity index (χ0v) is 20.0. The van der Waals surface area contributed by atoms with E-state index in [1.54, 1.807) is 6.20 Å². The topological polar surface area (TPSA) is 106 Å². The molecule has 1 saturated carbocycles. The molecule has 0 radical (unpaired) electrons. The van der Waals surface area contributed by atoms with Crippen LogP contribution >= 0.6 is 0 Å². The summed E-state index contributed by atoms with van der Waals surface area (Å²) in [6.07, 6.45) is 11.2. The number of nitrogens with zero attached hydrogens (tertiary/aromatic N) is 4. The first-order valence-corrected chi connectivity index (χ1v) is 12.1. The average Bonchev–Trinajstić information content (AvgIpc) is 3.40. The maximum atomic E-state index is 12.3. The molecule has 1 fully saturated rings.